The lowest BCUT2D eigenvalue weighted by Gasteiger charge is -2.25. The summed E-state index contributed by atoms with van der Waals surface area (Å²) in [6.07, 6.45) is 1.64. The highest BCUT2D eigenvalue weighted by atomic mass is 32.1. The van der Waals surface area contributed by atoms with Crippen LogP contribution in [0.3, 0.4) is 0 Å². The van der Waals surface area contributed by atoms with Crippen molar-refractivity contribution in [1.29, 1.82) is 0 Å². The highest BCUT2D eigenvalue weighted by Gasteiger charge is 2.37. The molecule has 0 radical (unpaired) electrons. The number of ether oxygens (including phenoxy) is 3. The zero-order valence-corrected chi connectivity index (χ0v) is 22.8. The monoisotopic (exact) mass is 545 g/mol. The minimum absolute atomic E-state index is 0.160. The van der Waals surface area contributed by atoms with Gasteiger partial charge in [0, 0.05) is 12.1 Å². The van der Waals surface area contributed by atoms with Crippen molar-refractivity contribution in [2.75, 3.05) is 32.3 Å². The zero-order chi connectivity index (χ0) is 27.8. The molecule has 1 amide bonds. The Kier molecular flexibility index (Phi) is 6.96. The van der Waals surface area contributed by atoms with E-state index in [4.69, 9.17) is 14.2 Å². The lowest BCUT2D eigenvalue weighted by Crippen LogP contribution is -2.41. The fraction of sp³-hybridized carbons (Fsp3) is 0.241. The van der Waals surface area contributed by atoms with Gasteiger partial charge in [-0.05, 0) is 37.6 Å². The molecule has 0 N–H and O–H groups in total. The summed E-state index contributed by atoms with van der Waals surface area (Å²) in [5, 5.41) is 0. The van der Waals surface area contributed by atoms with Crippen LogP contribution in [-0.4, -0.2) is 43.8 Å². The van der Waals surface area contributed by atoms with E-state index in [1.165, 1.54) is 18.8 Å². The number of hydrogen-bond acceptors (Lipinski definition) is 8. The molecule has 3 heterocycles. The first-order chi connectivity index (χ1) is 18.9. The highest BCUT2D eigenvalue weighted by molar-refractivity contribution is 7.07. The molecular weight excluding hydrogens is 518 g/mol. The number of esters is 1. The summed E-state index contributed by atoms with van der Waals surface area (Å²) in [5.74, 6) is 0.0868. The number of aromatic nitrogens is 1. The fourth-order valence-corrected chi connectivity index (χ4v) is 6.13. The topological polar surface area (TPSA) is 99.4 Å². The van der Waals surface area contributed by atoms with Gasteiger partial charge < -0.3 is 19.1 Å². The smallest absolute Gasteiger partial charge is 0.338 e. The number of methoxy groups -OCH3 is 2. The van der Waals surface area contributed by atoms with Crippen LogP contribution < -0.4 is 29.3 Å². The Bertz CT molecular complexity index is 1730. The lowest BCUT2D eigenvalue weighted by atomic mass is 9.95. The van der Waals surface area contributed by atoms with Crippen LogP contribution in [0, 0.1) is 0 Å². The van der Waals surface area contributed by atoms with E-state index in [-0.39, 0.29) is 22.6 Å². The van der Waals surface area contributed by atoms with Gasteiger partial charge in [0.15, 0.2) is 16.3 Å². The second-order valence-electron chi connectivity index (χ2n) is 8.83. The minimum atomic E-state index is -0.856. The third-order valence-corrected chi connectivity index (χ3v) is 7.73. The molecule has 10 heteroatoms. The molecule has 2 aliphatic heterocycles. The molecule has 1 atom stereocenters. The molecule has 2 aliphatic rings. The Morgan fingerprint density at radius 1 is 1.13 bits per heavy atom. The number of allylic oxidation sites excluding steroid dienone is 1. The van der Waals surface area contributed by atoms with Gasteiger partial charge in [-0.1, -0.05) is 41.7 Å². The van der Waals surface area contributed by atoms with E-state index in [1.54, 1.807) is 43.0 Å². The van der Waals surface area contributed by atoms with Gasteiger partial charge in [-0.3, -0.25) is 14.2 Å². The number of nitrogens with zero attached hydrogens (tertiary/aromatic N) is 3. The zero-order valence-electron chi connectivity index (χ0n) is 22.0. The Labute approximate surface area is 228 Å². The third-order valence-electron chi connectivity index (χ3n) is 6.68. The second-order valence-corrected chi connectivity index (χ2v) is 9.81. The molecule has 0 fully saturated rings. The molecule has 0 unspecified atom stereocenters. The van der Waals surface area contributed by atoms with Crippen LogP contribution >= 0.6 is 11.3 Å². The van der Waals surface area contributed by atoms with Gasteiger partial charge in [-0.25, -0.2) is 9.79 Å². The molecule has 0 bridgehead atoms. The van der Waals surface area contributed by atoms with Gasteiger partial charge in [0.1, 0.15) is 4.53 Å². The molecule has 2 aromatic carbocycles. The van der Waals surface area contributed by atoms with Crippen molar-refractivity contribution in [3.63, 3.8) is 0 Å². The van der Waals surface area contributed by atoms with Gasteiger partial charge in [0.2, 0.25) is 0 Å². The number of rotatable bonds is 7. The predicted molar refractivity (Wildman–Crippen MR) is 148 cm³/mol. The predicted octanol–water partition coefficient (Wildman–Crippen LogP) is 2.72. The summed E-state index contributed by atoms with van der Waals surface area (Å²) in [4.78, 5) is 47.6. The minimum Gasteiger partial charge on any atom is -0.493 e. The number of hydrogen-bond donors (Lipinski definition) is 0. The summed E-state index contributed by atoms with van der Waals surface area (Å²) in [5.41, 5.74) is 2.53. The summed E-state index contributed by atoms with van der Waals surface area (Å²) in [6, 6.07) is 11.7. The van der Waals surface area contributed by atoms with Crippen LogP contribution in [0.1, 0.15) is 31.0 Å². The number of anilines is 1. The van der Waals surface area contributed by atoms with Crippen molar-refractivity contribution in [2.45, 2.75) is 19.9 Å². The normalized spacial score (nSPS) is 17.4. The summed E-state index contributed by atoms with van der Waals surface area (Å²) < 4.78 is 18.0. The van der Waals surface area contributed by atoms with E-state index in [0.717, 1.165) is 11.3 Å². The molecule has 39 heavy (non-hydrogen) atoms. The Morgan fingerprint density at radius 3 is 2.56 bits per heavy atom. The maximum Gasteiger partial charge on any atom is 0.338 e. The highest BCUT2D eigenvalue weighted by Crippen LogP contribution is 2.37. The Morgan fingerprint density at radius 2 is 1.87 bits per heavy atom. The van der Waals surface area contributed by atoms with E-state index in [2.05, 4.69) is 11.6 Å². The van der Waals surface area contributed by atoms with E-state index in [9.17, 15) is 14.4 Å². The van der Waals surface area contributed by atoms with Gasteiger partial charge >= 0.3 is 5.97 Å². The lowest BCUT2D eigenvalue weighted by molar-refractivity contribution is -0.139. The van der Waals surface area contributed by atoms with Crippen LogP contribution in [0.4, 0.5) is 5.69 Å². The van der Waals surface area contributed by atoms with Gasteiger partial charge in [0.25, 0.3) is 11.5 Å². The Balaban J connectivity index is 1.82. The number of para-hydroxylation sites is 1. The average molecular weight is 546 g/mol. The standard InChI is InChI=1S/C29H27N3O6S/c1-6-14-31-19-11-9-8-10-18(19)23(26(31)33)25-27(34)32-24(17-12-13-20(36-4)21(15-17)37-5)22(28(35)38-7-2)16(3)30-29(32)39-25/h6,8-13,15,24H,1,7,14H2,2-5H3/b25-23+/t24-/m1/s1. The molecular formula is C29H27N3O6S. The van der Waals surface area contributed by atoms with E-state index >= 15 is 0 Å². The van der Waals surface area contributed by atoms with Crippen molar-refractivity contribution < 1.29 is 23.8 Å². The van der Waals surface area contributed by atoms with Crippen LogP contribution in [-0.2, 0) is 14.3 Å². The molecule has 3 aromatic rings. The molecule has 0 spiro atoms. The number of benzene rings is 2. The van der Waals surface area contributed by atoms with Crippen molar-refractivity contribution in [2.24, 2.45) is 4.99 Å². The number of carbonyl (C=O) groups is 2. The van der Waals surface area contributed by atoms with Gasteiger partial charge in [-0.15, -0.1) is 6.58 Å². The van der Waals surface area contributed by atoms with Gasteiger partial charge in [-0.2, -0.15) is 0 Å². The van der Waals surface area contributed by atoms with Crippen LogP contribution in [0.2, 0.25) is 0 Å². The number of thiazole rings is 1. The van der Waals surface area contributed by atoms with Crippen molar-refractivity contribution in [3.8, 4) is 11.5 Å². The van der Waals surface area contributed by atoms with E-state index < -0.39 is 17.6 Å². The summed E-state index contributed by atoms with van der Waals surface area (Å²) >= 11 is 1.12. The molecule has 5 rings (SSSR count). The average Bonchev–Trinajstić information content (AvgIpc) is 3.40. The molecule has 1 aromatic heterocycles. The Hall–Kier alpha value is -4.44. The van der Waals surface area contributed by atoms with Crippen molar-refractivity contribution in [3.05, 3.63) is 97.2 Å². The molecule has 9 nitrogen and oxygen atoms in total. The maximum absolute atomic E-state index is 14.2. The molecule has 0 aliphatic carbocycles. The number of amides is 1. The SMILES string of the molecule is C=CCN1C(=O)/C(=c2/sc3n(c2=O)[C@H](c2ccc(OC)c(OC)c2)C(C(=O)OCC)=C(C)N=3)c2ccccc21. The molecule has 0 saturated heterocycles. The first kappa shape index (κ1) is 26.2. The summed E-state index contributed by atoms with van der Waals surface area (Å²) in [6.45, 7) is 7.66. The van der Waals surface area contributed by atoms with Gasteiger partial charge in [0.05, 0.1) is 49.4 Å². The summed E-state index contributed by atoms with van der Waals surface area (Å²) in [7, 11) is 3.04. The van der Waals surface area contributed by atoms with Crippen LogP contribution in [0.5, 0.6) is 11.5 Å². The van der Waals surface area contributed by atoms with Crippen LogP contribution in [0.25, 0.3) is 5.57 Å². The third kappa shape index (κ3) is 4.17. The van der Waals surface area contributed by atoms with Crippen molar-refractivity contribution >= 4 is 34.5 Å². The maximum atomic E-state index is 14.2. The number of fused-ring (bicyclic) bond motifs is 2. The quantitative estimate of drug-likeness (QED) is 0.335. The largest absolute Gasteiger partial charge is 0.493 e. The first-order valence-corrected chi connectivity index (χ1v) is 13.1. The van der Waals surface area contributed by atoms with Crippen molar-refractivity contribution in [1.82, 2.24) is 4.57 Å². The van der Waals surface area contributed by atoms with Crippen LogP contribution in [0.15, 0.2) is 76.2 Å². The first-order valence-electron chi connectivity index (χ1n) is 12.3. The van der Waals surface area contributed by atoms with E-state index in [1.807, 2.05) is 24.3 Å². The molecule has 0 saturated carbocycles. The van der Waals surface area contributed by atoms with E-state index in [0.29, 0.717) is 50.9 Å². The second kappa shape index (κ2) is 10.4. The molecule has 200 valence electrons. The fourth-order valence-electron chi connectivity index (χ4n) is 4.99. The number of carbonyl (C=O) groups excluding carboxylic acids is 2.